The highest BCUT2D eigenvalue weighted by molar-refractivity contribution is 6.06. The molecule has 3 N–H and O–H groups in total. The maximum Gasteiger partial charge on any atom is 0.230 e. The van der Waals surface area contributed by atoms with Gasteiger partial charge in [0.1, 0.15) is 5.65 Å². The minimum atomic E-state index is -0.267. The summed E-state index contributed by atoms with van der Waals surface area (Å²) >= 11 is 0. The van der Waals surface area contributed by atoms with E-state index < -0.39 is 0 Å². The lowest BCUT2D eigenvalue weighted by Crippen LogP contribution is -2.44. The molecule has 0 radical (unpaired) electrons. The minimum Gasteiger partial charge on any atom is -0.392 e. The number of piperidine rings is 1. The Balaban J connectivity index is 1.15. The second-order valence-electron chi connectivity index (χ2n) is 10.3. The standard InChI is InChI=1S/C27H35N9O/c1-2-20(37)15-29-18-10-13-35(14-11-18)25-8-7-24(33-34-25)31-27-30-16-22-21-9-12-28-17-23(21)36(26(22)32-27)19-5-3-4-6-19/h7-9,12,16-20,29,37H,2-6,10-11,13-15H2,1H3,(H,30,31,32,33). The highest BCUT2D eigenvalue weighted by Crippen LogP contribution is 2.37. The third-order valence-corrected chi connectivity index (χ3v) is 7.86. The fraction of sp³-hybridized carbons (Fsp3) is 0.519. The van der Waals surface area contributed by atoms with Gasteiger partial charge in [0.05, 0.1) is 17.8 Å². The molecule has 194 valence electrons. The summed E-state index contributed by atoms with van der Waals surface area (Å²) in [5, 5.41) is 27.6. The summed E-state index contributed by atoms with van der Waals surface area (Å²) in [6.45, 7) is 4.50. The zero-order valence-corrected chi connectivity index (χ0v) is 21.3. The first-order valence-electron chi connectivity index (χ1n) is 13.6. The van der Waals surface area contributed by atoms with Crippen LogP contribution in [0.3, 0.4) is 0 Å². The first-order chi connectivity index (χ1) is 18.2. The van der Waals surface area contributed by atoms with Crippen LogP contribution in [-0.2, 0) is 0 Å². The van der Waals surface area contributed by atoms with Gasteiger partial charge in [0, 0.05) is 54.9 Å². The van der Waals surface area contributed by atoms with E-state index in [1.165, 1.54) is 25.7 Å². The summed E-state index contributed by atoms with van der Waals surface area (Å²) in [4.78, 5) is 16.2. The maximum atomic E-state index is 9.79. The van der Waals surface area contributed by atoms with Crippen LogP contribution in [0, 0.1) is 0 Å². The van der Waals surface area contributed by atoms with E-state index in [2.05, 4.69) is 46.3 Å². The second kappa shape index (κ2) is 10.5. The Morgan fingerprint density at radius 3 is 2.62 bits per heavy atom. The van der Waals surface area contributed by atoms with E-state index in [4.69, 9.17) is 4.98 Å². The van der Waals surface area contributed by atoms with Crippen LogP contribution in [0.1, 0.15) is 57.9 Å². The van der Waals surface area contributed by atoms with Gasteiger partial charge in [0.15, 0.2) is 11.6 Å². The molecule has 1 aliphatic heterocycles. The topological polar surface area (TPSA) is 117 Å². The molecule has 0 spiro atoms. The summed E-state index contributed by atoms with van der Waals surface area (Å²) in [6.07, 6.45) is 13.1. The average Bonchev–Trinajstić information content (AvgIpc) is 3.58. The lowest BCUT2D eigenvalue weighted by molar-refractivity contribution is 0.160. The summed E-state index contributed by atoms with van der Waals surface area (Å²) in [5.74, 6) is 2.02. The van der Waals surface area contributed by atoms with Gasteiger partial charge in [0.25, 0.3) is 0 Å². The van der Waals surface area contributed by atoms with Crippen LogP contribution >= 0.6 is 0 Å². The summed E-state index contributed by atoms with van der Waals surface area (Å²) < 4.78 is 2.35. The van der Waals surface area contributed by atoms with Crippen molar-refractivity contribution >= 4 is 39.5 Å². The van der Waals surface area contributed by atoms with Crippen molar-refractivity contribution in [3.8, 4) is 0 Å². The van der Waals surface area contributed by atoms with Crippen LogP contribution in [0.5, 0.6) is 0 Å². The van der Waals surface area contributed by atoms with Crippen molar-refractivity contribution in [1.29, 1.82) is 0 Å². The quantitative estimate of drug-likeness (QED) is 0.330. The lowest BCUT2D eigenvalue weighted by atomic mass is 10.0. The molecule has 1 saturated heterocycles. The molecule has 10 nitrogen and oxygen atoms in total. The molecule has 4 aromatic heterocycles. The number of nitrogens with one attached hydrogen (secondary N) is 2. The number of aliphatic hydroxyl groups is 1. The Morgan fingerprint density at radius 2 is 1.86 bits per heavy atom. The highest BCUT2D eigenvalue weighted by Gasteiger charge is 2.24. The molecule has 37 heavy (non-hydrogen) atoms. The van der Waals surface area contributed by atoms with Crippen LogP contribution in [-0.4, -0.2) is 66.6 Å². The lowest BCUT2D eigenvalue weighted by Gasteiger charge is -2.33. The van der Waals surface area contributed by atoms with E-state index in [0.29, 0.717) is 30.4 Å². The molecule has 6 rings (SSSR count). The molecule has 1 unspecified atom stereocenters. The first-order valence-corrected chi connectivity index (χ1v) is 13.6. The second-order valence-corrected chi connectivity index (χ2v) is 10.3. The molecule has 5 heterocycles. The Hall–Kier alpha value is -3.37. The number of fused-ring (bicyclic) bond motifs is 3. The molecule has 0 bridgehead atoms. The molecule has 0 amide bonds. The fourth-order valence-corrected chi connectivity index (χ4v) is 5.69. The predicted molar refractivity (Wildman–Crippen MR) is 145 cm³/mol. The zero-order valence-electron chi connectivity index (χ0n) is 21.3. The number of aromatic nitrogens is 6. The third-order valence-electron chi connectivity index (χ3n) is 7.86. The SMILES string of the molecule is CCC(O)CNC1CCN(c2ccc(Nc3ncc4c5ccncc5n(C5CCCC5)c4n3)nn2)CC1. The van der Waals surface area contributed by atoms with Crippen molar-refractivity contribution in [3.63, 3.8) is 0 Å². The number of hydrogen-bond acceptors (Lipinski definition) is 9. The number of aliphatic hydroxyl groups excluding tert-OH is 1. The number of nitrogens with zero attached hydrogens (tertiary/aromatic N) is 7. The van der Waals surface area contributed by atoms with Crippen LogP contribution in [0.15, 0.2) is 36.8 Å². The van der Waals surface area contributed by atoms with Crippen molar-refractivity contribution < 1.29 is 5.11 Å². The van der Waals surface area contributed by atoms with Crippen molar-refractivity contribution in [1.82, 2.24) is 35.0 Å². The van der Waals surface area contributed by atoms with Crippen LogP contribution < -0.4 is 15.5 Å². The minimum absolute atomic E-state index is 0.267. The molecule has 1 aliphatic carbocycles. The van der Waals surface area contributed by atoms with E-state index in [1.807, 2.05) is 37.6 Å². The van der Waals surface area contributed by atoms with Gasteiger partial charge in [-0.25, -0.2) is 4.98 Å². The van der Waals surface area contributed by atoms with Crippen LogP contribution in [0.2, 0.25) is 0 Å². The average molecular weight is 502 g/mol. The fourth-order valence-electron chi connectivity index (χ4n) is 5.69. The number of pyridine rings is 1. The summed E-state index contributed by atoms with van der Waals surface area (Å²) in [7, 11) is 0. The van der Waals surface area contributed by atoms with Crippen LogP contribution in [0.4, 0.5) is 17.6 Å². The van der Waals surface area contributed by atoms with E-state index >= 15 is 0 Å². The molecule has 4 aromatic rings. The van der Waals surface area contributed by atoms with Gasteiger partial charge in [-0.3, -0.25) is 4.98 Å². The molecule has 0 aromatic carbocycles. The zero-order chi connectivity index (χ0) is 25.2. The van der Waals surface area contributed by atoms with Gasteiger partial charge in [-0.2, -0.15) is 4.98 Å². The molecule has 1 atom stereocenters. The largest absolute Gasteiger partial charge is 0.392 e. The molecular formula is C27H35N9O. The normalized spacial score (nSPS) is 18.2. The molecule has 2 aliphatic rings. The van der Waals surface area contributed by atoms with Crippen LogP contribution in [0.25, 0.3) is 21.9 Å². The maximum absolute atomic E-state index is 9.79. The summed E-state index contributed by atoms with van der Waals surface area (Å²) in [6, 6.07) is 6.88. The molecule has 1 saturated carbocycles. The van der Waals surface area contributed by atoms with Gasteiger partial charge in [-0.05, 0) is 50.3 Å². The number of hydrogen-bond donors (Lipinski definition) is 3. The smallest absolute Gasteiger partial charge is 0.230 e. The van der Waals surface area contributed by atoms with Gasteiger partial charge in [-0.15, -0.1) is 10.2 Å². The van der Waals surface area contributed by atoms with Gasteiger partial charge in [0.2, 0.25) is 5.95 Å². The third kappa shape index (κ3) is 4.95. The van der Waals surface area contributed by atoms with E-state index in [-0.39, 0.29) is 6.10 Å². The van der Waals surface area contributed by atoms with E-state index in [1.54, 1.807) is 0 Å². The molecule has 10 heteroatoms. The molecular weight excluding hydrogens is 466 g/mol. The van der Waals surface area contributed by atoms with Crippen molar-refractivity contribution in [2.45, 2.75) is 70.1 Å². The number of anilines is 3. The van der Waals surface area contributed by atoms with Gasteiger partial charge >= 0.3 is 0 Å². The Kier molecular flexibility index (Phi) is 6.84. The van der Waals surface area contributed by atoms with Crippen molar-refractivity contribution in [2.75, 3.05) is 29.9 Å². The Bertz CT molecular complexity index is 1340. The summed E-state index contributed by atoms with van der Waals surface area (Å²) in [5.41, 5.74) is 2.07. The van der Waals surface area contributed by atoms with Gasteiger partial charge < -0.3 is 25.2 Å². The monoisotopic (exact) mass is 501 g/mol. The molecule has 2 fully saturated rings. The van der Waals surface area contributed by atoms with Crippen molar-refractivity contribution in [3.05, 3.63) is 36.8 Å². The van der Waals surface area contributed by atoms with Gasteiger partial charge in [-0.1, -0.05) is 19.8 Å². The van der Waals surface area contributed by atoms with E-state index in [9.17, 15) is 5.11 Å². The van der Waals surface area contributed by atoms with E-state index in [0.717, 1.165) is 60.1 Å². The number of rotatable bonds is 8. The Morgan fingerprint density at radius 1 is 1.03 bits per heavy atom. The Labute approximate surface area is 216 Å². The predicted octanol–water partition coefficient (Wildman–Crippen LogP) is 3.96. The first kappa shape index (κ1) is 24.0. The highest BCUT2D eigenvalue weighted by atomic mass is 16.3. The van der Waals surface area contributed by atoms with Crippen molar-refractivity contribution in [2.24, 2.45) is 0 Å².